The van der Waals surface area contributed by atoms with Gasteiger partial charge in [-0.3, -0.25) is 0 Å². The molecular weight excluding hydrogens is 184 g/mol. The molecule has 0 aromatic heterocycles. The van der Waals surface area contributed by atoms with E-state index in [1.807, 2.05) is 0 Å². The third-order valence-corrected chi connectivity index (χ3v) is 3.72. The van der Waals surface area contributed by atoms with E-state index in [1.165, 1.54) is 51.6 Å². The molecule has 1 saturated carbocycles. The molecule has 1 rings (SSSR count). The van der Waals surface area contributed by atoms with Gasteiger partial charge in [0.1, 0.15) is 0 Å². The predicted molar refractivity (Wildman–Crippen MR) is 67.2 cm³/mol. The minimum atomic E-state index is 0.777. The number of nitrogens with zero attached hydrogens (tertiary/aromatic N) is 1. The summed E-state index contributed by atoms with van der Waals surface area (Å²) in [4.78, 5) is 2.52. The molecule has 1 aliphatic rings. The number of nitrogens with one attached hydrogen (secondary N) is 1. The standard InChI is InChI=1S/C13H28N2/c1-4-5-6-10-15(3)11-12-8-7-9-13(12)14-2/h12-14H,4-11H2,1-3H3. The first-order valence-electron chi connectivity index (χ1n) is 6.63. The van der Waals surface area contributed by atoms with Crippen LogP contribution < -0.4 is 5.32 Å². The zero-order valence-electron chi connectivity index (χ0n) is 10.8. The van der Waals surface area contributed by atoms with E-state index in [4.69, 9.17) is 0 Å². The van der Waals surface area contributed by atoms with Crippen molar-refractivity contribution in [1.29, 1.82) is 0 Å². The number of unbranched alkanes of at least 4 members (excludes halogenated alkanes) is 2. The molecule has 2 atom stereocenters. The van der Waals surface area contributed by atoms with Crippen molar-refractivity contribution in [2.75, 3.05) is 27.2 Å². The molecule has 0 aromatic rings. The van der Waals surface area contributed by atoms with Gasteiger partial charge < -0.3 is 10.2 Å². The van der Waals surface area contributed by atoms with Crippen molar-refractivity contribution in [2.45, 2.75) is 51.5 Å². The fourth-order valence-electron chi connectivity index (χ4n) is 2.76. The summed E-state index contributed by atoms with van der Waals surface area (Å²) in [6.45, 7) is 4.84. The lowest BCUT2D eigenvalue weighted by atomic mass is 10.0. The molecule has 90 valence electrons. The summed E-state index contributed by atoms with van der Waals surface area (Å²) in [6, 6.07) is 0.777. The molecule has 0 bridgehead atoms. The van der Waals surface area contributed by atoms with Crippen LogP contribution in [0, 0.1) is 5.92 Å². The minimum Gasteiger partial charge on any atom is -0.317 e. The second-order valence-electron chi connectivity index (χ2n) is 5.06. The predicted octanol–water partition coefficient (Wildman–Crippen LogP) is 2.50. The van der Waals surface area contributed by atoms with E-state index in [1.54, 1.807) is 0 Å². The largest absolute Gasteiger partial charge is 0.317 e. The minimum absolute atomic E-state index is 0.777. The van der Waals surface area contributed by atoms with E-state index in [-0.39, 0.29) is 0 Å². The van der Waals surface area contributed by atoms with E-state index in [9.17, 15) is 0 Å². The van der Waals surface area contributed by atoms with Crippen molar-refractivity contribution >= 4 is 0 Å². The van der Waals surface area contributed by atoms with Gasteiger partial charge in [-0.2, -0.15) is 0 Å². The molecule has 0 aliphatic heterocycles. The topological polar surface area (TPSA) is 15.3 Å². The van der Waals surface area contributed by atoms with E-state index in [0.717, 1.165) is 12.0 Å². The van der Waals surface area contributed by atoms with Gasteiger partial charge in [0.05, 0.1) is 0 Å². The summed E-state index contributed by atoms with van der Waals surface area (Å²) in [5, 5.41) is 3.46. The van der Waals surface area contributed by atoms with E-state index in [0.29, 0.717) is 0 Å². The Morgan fingerprint density at radius 3 is 2.73 bits per heavy atom. The normalized spacial score (nSPS) is 26.4. The third kappa shape index (κ3) is 4.52. The molecule has 0 radical (unpaired) electrons. The maximum atomic E-state index is 3.46. The van der Waals surface area contributed by atoms with Crippen molar-refractivity contribution in [3.63, 3.8) is 0 Å². The molecule has 0 heterocycles. The van der Waals surface area contributed by atoms with Crippen LogP contribution in [0.2, 0.25) is 0 Å². The maximum absolute atomic E-state index is 3.46. The molecule has 1 aliphatic carbocycles. The molecule has 2 nitrogen and oxygen atoms in total. The monoisotopic (exact) mass is 212 g/mol. The summed E-state index contributed by atoms with van der Waals surface area (Å²) in [6.07, 6.45) is 8.29. The molecular formula is C13H28N2. The van der Waals surface area contributed by atoms with Gasteiger partial charge in [-0.25, -0.2) is 0 Å². The van der Waals surface area contributed by atoms with Crippen molar-refractivity contribution in [3.05, 3.63) is 0 Å². The lowest BCUT2D eigenvalue weighted by molar-refractivity contribution is 0.251. The molecule has 2 heteroatoms. The summed E-state index contributed by atoms with van der Waals surface area (Å²) < 4.78 is 0. The number of hydrogen-bond acceptors (Lipinski definition) is 2. The summed E-state index contributed by atoms with van der Waals surface area (Å²) in [7, 11) is 4.39. The third-order valence-electron chi connectivity index (χ3n) is 3.72. The Labute approximate surface area is 95.4 Å². The maximum Gasteiger partial charge on any atom is 0.0104 e. The highest BCUT2D eigenvalue weighted by Gasteiger charge is 2.26. The van der Waals surface area contributed by atoms with Crippen LogP contribution in [0.15, 0.2) is 0 Å². The second-order valence-corrected chi connectivity index (χ2v) is 5.06. The number of hydrogen-bond donors (Lipinski definition) is 1. The van der Waals surface area contributed by atoms with Crippen LogP contribution in [0.1, 0.15) is 45.4 Å². The number of rotatable bonds is 7. The average Bonchev–Trinajstić information content (AvgIpc) is 2.65. The Morgan fingerprint density at radius 2 is 2.07 bits per heavy atom. The van der Waals surface area contributed by atoms with Gasteiger partial charge in [0.25, 0.3) is 0 Å². The van der Waals surface area contributed by atoms with Gasteiger partial charge in [0.15, 0.2) is 0 Å². The summed E-state index contributed by atoms with van der Waals surface area (Å²) in [5.41, 5.74) is 0. The van der Waals surface area contributed by atoms with Crippen molar-refractivity contribution < 1.29 is 0 Å². The first-order chi connectivity index (χ1) is 7.27. The molecule has 0 spiro atoms. The summed E-state index contributed by atoms with van der Waals surface area (Å²) in [5.74, 6) is 0.890. The van der Waals surface area contributed by atoms with Crippen molar-refractivity contribution in [1.82, 2.24) is 10.2 Å². The highest BCUT2D eigenvalue weighted by atomic mass is 15.1. The van der Waals surface area contributed by atoms with Crippen LogP contribution >= 0.6 is 0 Å². The van der Waals surface area contributed by atoms with Gasteiger partial charge in [0.2, 0.25) is 0 Å². The molecule has 1 N–H and O–H groups in total. The quantitative estimate of drug-likeness (QED) is 0.652. The van der Waals surface area contributed by atoms with Gasteiger partial charge >= 0.3 is 0 Å². The Hall–Kier alpha value is -0.0800. The van der Waals surface area contributed by atoms with Gasteiger partial charge in [-0.15, -0.1) is 0 Å². The fourth-order valence-corrected chi connectivity index (χ4v) is 2.76. The highest BCUT2D eigenvalue weighted by molar-refractivity contribution is 4.83. The molecule has 0 saturated heterocycles. The van der Waals surface area contributed by atoms with Gasteiger partial charge in [0, 0.05) is 12.6 Å². The highest BCUT2D eigenvalue weighted by Crippen LogP contribution is 2.25. The Balaban J connectivity index is 2.15. The SMILES string of the molecule is CCCCCN(C)CC1CCCC1NC. The molecule has 0 aromatic carbocycles. The lowest BCUT2D eigenvalue weighted by Crippen LogP contribution is -2.36. The smallest absolute Gasteiger partial charge is 0.0104 e. The fraction of sp³-hybridized carbons (Fsp3) is 1.00. The molecule has 15 heavy (non-hydrogen) atoms. The second kappa shape index (κ2) is 7.24. The molecule has 2 unspecified atom stereocenters. The summed E-state index contributed by atoms with van der Waals surface area (Å²) >= 11 is 0. The Morgan fingerprint density at radius 1 is 1.27 bits per heavy atom. The first-order valence-corrected chi connectivity index (χ1v) is 6.63. The zero-order chi connectivity index (χ0) is 11.1. The van der Waals surface area contributed by atoms with Crippen LogP contribution in [-0.2, 0) is 0 Å². The van der Waals surface area contributed by atoms with E-state index >= 15 is 0 Å². The van der Waals surface area contributed by atoms with Crippen LogP contribution in [0.25, 0.3) is 0 Å². The molecule has 0 amide bonds. The van der Waals surface area contributed by atoms with Crippen LogP contribution in [0.4, 0.5) is 0 Å². The van der Waals surface area contributed by atoms with Crippen LogP contribution in [0.5, 0.6) is 0 Å². The Bertz CT molecular complexity index is 159. The van der Waals surface area contributed by atoms with Gasteiger partial charge in [-0.1, -0.05) is 26.2 Å². The first kappa shape index (κ1) is 13.0. The van der Waals surface area contributed by atoms with E-state index in [2.05, 4.69) is 31.2 Å². The lowest BCUT2D eigenvalue weighted by Gasteiger charge is -2.25. The molecule has 1 fully saturated rings. The van der Waals surface area contributed by atoms with Crippen LogP contribution in [0.3, 0.4) is 0 Å². The van der Waals surface area contributed by atoms with Crippen molar-refractivity contribution in [3.8, 4) is 0 Å². The van der Waals surface area contributed by atoms with Crippen LogP contribution in [-0.4, -0.2) is 38.1 Å². The average molecular weight is 212 g/mol. The Kier molecular flexibility index (Phi) is 6.26. The zero-order valence-corrected chi connectivity index (χ0v) is 10.8. The van der Waals surface area contributed by atoms with Gasteiger partial charge in [-0.05, 0) is 45.8 Å². The van der Waals surface area contributed by atoms with E-state index < -0.39 is 0 Å². The van der Waals surface area contributed by atoms with Crippen molar-refractivity contribution in [2.24, 2.45) is 5.92 Å².